The van der Waals surface area contributed by atoms with Gasteiger partial charge < -0.3 is 4.57 Å². The van der Waals surface area contributed by atoms with E-state index in [4.69, 9.17) is 0 Å². The lowest BCUT2D eigenvalue weighted by molar-refractivity contribution is -0.384. The second-order valence-corrected chi connectivity index (χ2v) is 7.98. The number of aromatic nitrogens is 1. The fourth-order valence-corrected chi connectivity index (χ4v) is 4.39. The number of benzene rings is 3. The molecule has 3 aromatic carbocycles. The van der Waals surface area contributed by atoms with E-state index in [0.29, 0.717) is 21.6 Å². The standard InChI is InChI=1S/C24H19N3O3S/c1-2-14-26-21-13-12-20(27(29)30)16-22(21)31-24(26)25-23(28)19-10-8-18(9-11-19)15-17-6-4-3-5-7-17/h2-13,16H,1,14-15H2. The molecular formula is C24H19N3O3S. The number of nitro groups is 1. The molecule has 0 fully saturated rings. The van der Waals surface area contributed by atoms with Crippen molar-refractivity contribution >= 4 is 33.1 Å². The maximum absolute atomic E-state index is 12.8. The van der Waals surface area contributed by atoms with Crippen molar-refractivity contribution in [2.45, 2.75) is 13.0 Å². The van der Waals surface area contributed by atoms with Crippen molar-refractivity contribution in [1.82, 2.24) is 4.57 Å². The fraction of sp³-hybridized carbons (Fsp3) is 0.0833. The van der Waals surface area contributed by atoms with Crippen LogP contribution in [0, 0.1) is 10.1 Å². The lowest BCUT2D eigenvalue weighted by atomic mass is 10.0. The summed E-state index contributed by atoms with van der Waals surface area (Å²) in [6.45, 7) is 4.20. The third-order valence-electron chi connectivity index (χ3n) is 4.84. The third kappa shape index (κ3) is 4.51. The highest BCUT2D eigenvalue weighted by molar-refractivity contribution is 7.16. The Morgan fingerprint density at radius 2 is 1.77 bits per heavy atom. The summed E-state index contributed by atoms with van der Waals surface area (Å²) < 4.78 is 2.53. The predicted octanol–water partition coefficient (Wildman–Crippen LogP) is 5.13. The van der Waals surface area contributed by atoms with Gasteiger partial charge in [-0.3, -0.25) is 14.9 Å². The molecule has 0 bridgehead atoms. The van der Waals surface area contributed by atoms with Gasteiger partial charge in [0, 0.05) is 24.2 Å². The number of amides is 1. The number of nitro benzene ring substituents is 1. The number of allylic oxidation sites excluding steroid dienone is 1. The van der Waals surface area contributed by atoms with Gasteiger partial charge in [0.05, 0.1) is 15.1 Å². The smallest absolute Gasteiger partial charge is 0.279 e. The Bertz CT molecular complexity index is 1340. The second kappa shape index (κ2) is 8.89. The van der Waals surface area contributed by atoms with Gasteiger partial charge in [0.15, 0.2) is 4.80 Å². The van der Waals surface area contributed by atoms with E-state index in [1.54, 1.807) is 24.3 Å². The van der Waals surface area contributed by atoms with E-state index in [-0.39, 0.29) is 11.6 Å². The Hall–Kier alpha value is -3.84. The third-order valence-corrected chi connectivity index (χ3v) is 5.88. The maximum atomic E-state index is 12.8. The van der Waals surface area contributed by atoms with Gasteiger partial charge in [0.1, 0.15) is 0 Å². The monoisotopic (exact) mass is 429 g/mol. The van der Waals surface area contributed by atoms with Crippen molar-refractivity contribution in [2.75, 3.05) is 0 Å². The van der Waals surface area contributed by atoms with E-state index in [0.717, 1.165) is 17.5 Å². The molecule has 4 rings (SSSR count). The van der Waals surface area contributed by atoms with Crippen LogP contribution in [0.2, 0.25) is 0 Å². The molecule has 0 aliphatic carbocycles. The SMILES string of the molecule is C=CCn1c(=NC(=O)c2ccc(Cc3ccccc3)cc2)sc2cc([N+](=O)[O-])ccc21. The first kappa shape index (κ1) is 20.4. The first-order valence-electron chi connectivity index (χ1n) is 9.66. The quantitative estimate of drug-likeness (QED) is 0.242. The first-order chi connectivity index (χ1) is 15.0. The van der Waals surface area contributed by atoms with Crippen LogP contribution in [0.25, 0.3) is 10.2 Å². The van der Waals surface area contributed by atoms with E-state index in [1.165, 1.54) is 29.0 Å². The highest BCUT2D eigenvalue weighted by Crippen LogP contribution is 2.23. The van der Waals surface area contributed by atoms with Crippen LogP contribution < -0.4 is 4.80 Å². The minimum atomic E-state index is -0.435. The maximum Gasteiger partial charge on any atom is 0.279 e. The minimum absolute atomic E-state index is 0.00591. The largest absolute Gasteiger partial charge is 0.312 e. The molecule has 31 heavy (non-hydrogen) atoms. The molecule has 0 atom stereocenters. The van der Waals surface area contributed by atoms with E-state index >= 15 is 0 Å². The lowest BCUT2D eigenvalue weighted by Crippen LogP contribution is -2.16. The highest BCUT2D eigenvalue weighted by Gasteiger charge is 2.13. The molecule has 1 amide bonds. The highest BCUT2D eigenvalue weighted by atomic mass is 32.1. The summed E-state index contributed by atoms with van der Waals surface area (Å²) in [7, 11) is 0. The van der Waals surface area contributed by atoms with Gasteiger partial charge >= 0.3 is 0 Å². The van der Waals surface area contributed by atoms with Crippen molar-refractivity contribution in [1.29, 1.82) is 0 Å². The van der Waals surface area contributed by atoms with Crippen LogP contribution in [0.3, 0.4) is 0 Å². The molecule has 0 aliphatic rings. The number of carbonyl (C=O) groups excluding carboxylic acids is 1. The molecule has 0 saturated carbocycles. The van der Waals surface area contributed by atoms with Gasteiger partial charge in [-0.1, -0.05) is 59.9 Å². The van der Waals surface area contributed by atoms with E-state index < -0.39 is 4.92 Å². The van der Waals surface area contributed by atoms with Crippen LogP contribution in [0.5, 0.6) is 0 Å². The Morgan fingerprint density at radius 1 is 1.06 bits per heavy atom. The molecule has 6 nitrogen and oxygen atoms in total. The van der Waals surface area contributed by atoms with Crippen LogP contribution in [-0.2, 0) is 13.0 Å². The topological polar surface area (TPSA) is 77.5 Å². The molecule has 0 radical (unpaired) electrons. The summed E-state index contributed by atoms with van der Waals surface area (Å²) >= 11 is 1.25. The molecule has 0 N–H and O–H groups in total. The van der Waals surface area contributed by atoms with Gasteiger partial charge in [-0.2, -0.15) is 4.99 Å². The molecule has 7 heteroatoms. The number of non-ortho nitro benzene ring substituents is 1. The zero-order chi connectivity index (χ0) is 21.8. The molecule has 0 aliphatic heterocycles. The molecule has 4 aromatic rings. The molecule has 0 saturated heterocycles. The number of hydrogen-bond donors (Lipinski definition) is 0. The average Bonchev–Trinajstić information content (AvgIpc) is 3.11. The zero-order valence-electron chi connectivity index (χ0n) is 16.6. The summed E-state index contributed by atoms with van der Waals surface area (Å²) in [4.78, 5) is 28.2. The van der Waals surface area contributed by atoms with Crippen molar-refractivity contribution in [2.24, 2.45) is 4.99 Å². The minimum Gasteiger partial charge on any atom is -0.312 e. The molecular weight excluding hydrogens is 410 g/mol. The summed E-state index contributed by atoms with van der Waals surface area (Å²) in [5, 5.41) is 11.1. The Morgan fingerprint density at radius 3 is 2.45 bits per heavy atom. The molecule has 154 valence electrons. The van der Waals surface area contributed by atoms with Crippen LogP contribution in [0.1, 0.15) is 21.5 Å². The van der Waals surface area contributed by atoms with Crippen molar-refractivity contribution in [3.63, 3.8) is 0 Å². The van der Waals surface area contributed by atoms with Gasteiger partial charge in [0.2, 0.25) is 0 Å². The number of nitrogens with zero attached hydrogens (tertiary/aromatic N) is 3. The van der Waals surface area contributed by atoms with Crippen LogP contribution in [0.4, 0.5) is 5.69 Å². The van der Waals surface area contributed by atoms with Gasteiger partial charge in [-0.05, 0) is 35.7 Å². The number of hydrogen-bond acceptors (Lipinski definition) is 4. The molecule has 1 aromatic heterocycles. The van der Waals surface area contributed by atoms with Gasteiger partial charge in [0.25, 0.3) is 11.6 Å². The number of thiazole rings is 1. The Kier molecular flexibility index (Phi) is 5.86. The fourth-order valence-electron chi connectivity index (χ4n) is 3.31. The van der Waals surface area contributed by atoms with Crippen molar-refractivity contribution < 1.29 is 9.72 Å². The molecule has 0 unspecified atom stereocenters. The van der Waals surface area contributed by atoms with E-state index in [1.807, 2.05) is 34.9 Å². The van der Waals surface area contributed by atoms with Crippen molar-refractivity contribution in [3.05, 3.63) is 117 Å². The van der Waals surface area contributed by atoms with Crippen molar-refractivity contribution in [3.8, 4) is 0 Å². The lowest BCUT2D eigenvalue weighted by Gasteiger charge is -2.03. The summed E-state index contributed by atoms with van der Waals surface area (Å²) in [6.07, 6.45) is 2.50. The molecule has 1 heterocycles. The molecule has 0 spiro atoms. The normalized spacial score (nSPS) is 11.5. The number of carbonyl (C=O) groups is 1. The van der Waals surface area contributed by atoms with Gasteiger partial charge in [-0.25, -0.2) is 0 Å². The number of rotatable bonds is 6. The number of fused-ring (bicyclic) bond motifs is 1. The summed E-state index contributed by atoms with van der Waals surface area (Å²) in [5.74, 6) is -0.356. The average molecular weight is 430 g/mol. The second-order valence-electron chi connectivity index (χ2n) is 6.97. The van der Waals surface area contributed by atoms with E-state index in [2.05, 4.69) is 23.7 Å². The predicted molar refractivity (Wildman–Crippen MR) is 122 cm³/mol. The van der Waals surface area contributed by atoms with Crippen LogP contribution >= 0.6 is 11.3 Å². The Balaban J connectivity index is 1.65. The zero-order valence-corrected chi connectivity index (χ0v) is 17.4. The van der Waals surface area contributed by atoms with Crippen LogP contribution in [0.15, 0.2) is 90.4 Å². The summed E-state index contributed by atoms with van der Waals surface area (Å²) in [5.41, 5.74) is 3.59. The van der Waals surface area contributed by atoms with Gasteiger partial charge in [-0.15, -0.1) is 6.58 Å². The van der Waals surface area contributed by atoms with Crippen LogP contribution in [-0.4, -0.2) is 15.4 Å². The van der Waals surface area contributed by atoms with E-state index in [9.17, 15) is 14.9 Å². The Labute approximate surface area is 182 Å². The first-order valence-corrected chi connectivity index (χ1v) is 10.5. The summed E-state index contributed by atoms with van der Waals surface area (Å²) in [6, 6.07) is 22.2.